The fourth-order valence-corrected chi connectivity index (χ4v) is 2.40. The van der Waals surface area contributed by atoms with Gasteiger partial charge in [0.1, 0.15) is 11.5 Å². The molecule has 0 saturated heterocycles. The maximum atomic E-state index is 5.41. The van der Waals surface area contributed by atoms with Crippen molar-refractivity contribution in [3.8, 4) is 11.5 Å². The van der Waals surface area contributed by atoms with E-state index < -0.39 is 0 Å². The van der Waals surface area contributed by atoms with Crippen LogP contribution < -0.4 is 20.1 Å². The summed E-state index contributed by atoms with van der Waals surface area (Å²) >= 11 is 0. The maximum Gasteiger partial charge on any atom is 0.191 e. The lowest BCUT2D eigenvalue weighted by Crippen LogP contribution is -2.42. The summed E-state index contributed by atoms with van der Waals surface area (Å²) in [6, 6.07) is 6.23. The number of aliphatic imine (C=N–C) groups is 1. The Labute approximate surface area is 132 Å². The van der Waals surface area contributed by atoms with E-state index in [1.165, 1.54) is 0 Å². The lowest BCUT2D eigenvalue weighted by Gasteiger charge is -2.17. The van der Waals surface area contributed by atoms with Crippen molar-refractivity contribution in [3.63, 3.8) is 0 Å². The molecule has 120 valence electrons. The minimum Gasteiger partial charge on any atom is -0.497 e. The molecular weight excluding hydrogens is 278 g/mol. The first-order chi connectivity index (χ1) is 10.8. The third-order valence-electron chi connectivity index (χ3n) is 3.59. The molecule has 0 fully saturated rings. The second kappa shape index (κ2) is 8.32. The number of benzene rings is 1. The molecule has 0 atom stereocenters. The van der Waals surface area contributed by atoms with Crippen molar-refractivity contribution in [2.75, 3.05) is 20.8 Å². The van der Waals surface area contributed by atoms with Crippen LogP contribution in [-0.2, 0) is 6.54 Å². The highest BCUT2D eigenvalue weighted by atomic mass is 16.5. The zero-order valence-electron chi connectivity index (χ0n) is 13.6. The zero-order chi connectivity index (χ0) is 15.8. The van der Waals surface area contributed by atoms with E-state index in [-0.39, 0.29) is 0 Å². The van der Waals surface area contributed by atoms with Crippen LogP contribution in [0.4, 0.5) is 0 Å². The average Bonchev–Trinajstić information content (AvgIpc) is 3.05. The third-order valence-corrected chi connectivity index (χ3v) is 3.59. The molecule has 0 aliphatic heterocycles. The lowest BCUT2D eigenvalue weighted by atomic mass is 10.2. The van der Waals surface area contributed by atoms with E-state index >= 15 is 0 Å². The molecule has 5 heteroatoms. The van der Waals surface area contributed by atoms with E-state index in [1.54, 1.807) is 14.2 Å². The molecule has 2 N–H and O–H groups in total. The molecule has 0 spiro atoms. The second-order valence-corrected chi connectivity index (χ2v) is 5.16. The largest absolute Gasteiger partial charge is 0.497 e. The van der Waals surface area contributed by atoms with Crippen molar-refractivity contribution in [1.29, 1.82) is 0 Å². The summed E-state index contributed by atoms with van der Waals surface area (Å²) in [5.74, 6) is 2.42. The Bertz CT molecular complexity index is 533. The van der Waals surface area contributed by atoms with Crippen molar-refractivity contribution in [2.24, 2.45) is 4.99 Å². The van der Waals surface area contributed by atoms with Crippen molar-refractivity contribution in [2.45, 2.75) is 32.4 Å². The number of rotatable bonds is 6. The van der Waals surface area contributed by atoms with Crippen LogP contribution in [0.3, 0.4) is 0 Å². The molecule has 22 heavy (non-hydrogen) atoms. The first-order valence-corrected chi connectivity index (χ1v) is 7.67. The van der Waals surface area contributed by atoms with Gasteiger partial charge in [0.2, 0.25) is 0 Å². The quantitative estimate of drug-likeness (QED) is 0.481. The first kappa shape index (κ1) is 16.2. The van der Waals surface area contributed by atoms with Crippen molar-refractivity contribution >= 4 is 5.96 Å². The van der Waals surface area contributed by atoms with E-state index in [4.69, 9.17) is 9.47 Å². The summed E-state index contributed by atoms with van der Waals surface area (Å²) in [5, 5.41) is 6.74. The molecule has 2 rings (SSSR count). The summed E-state index contributed by atoms with van der Waals surface area (Å²) in [6.07, 6.45) is 6.51. The molecule has 1 aromatic carbocycles. The van der Waals surface area contributed by atoms with Crippen molar-refractivity contribution in [1.82, 2.24) is 10.6 Å². The van der Waals surface area contributed by atoms with E-state index in [2.05, 4.69) is 34.7 Å². The lowest BCUT2D eigenvalue weighted by molar-refractivity contribution is 0.391. The molecule has 0 radical (unpaired) electrons. The molecule has 1 aromatic rings. The standard InChI is InChI=1S/C17H25N3O2/c1-4-18-17(20-14-7-5-6-8-14)19-12-13-9-10-15(21-2)11-16(13)22-3/h5-6,9-11,14H,4,7-8,12H2,1-3H3,(H2,18,19,20). The molecule has 1 aliphatic rings. The van der Waals surface area contributed by atoms with E-state index in [0.717, 1.165) is 42.4 Å². The predicted molar refractivity (Wildman–Crippen MR) is 89.7 cm³/mol. The van der Waals surface area contributed by atoms with Gasteiger partial charge in [-0.25, -0.2) is 4.99 Å². The Hall–Kier alpha value is -2.17. The maximum absolute atomic E-state index is 5.41. The average molecular weight is 303 g/mol. The Kier molecular flexibility index (Phi) is 6.13. The normalized spacial score (nSPS) is 15.0. The fraction of sp³-hybridized carbons (Fsp3) is 0.471. The molecule has 0 heterocycles. The SMILES string of the molecule is CCNC(=NCc1ccc(OC)cc1OC)NC1CC=CC1. The number of hydrogen-bond acceptors (Lipinski definition) is 3. The Morgan fingerprint density at radius 2 is 2.00 bits per heavy atom. The fourth-order valence-electron chi connectivity index (χ4n) is 2.40. The number of nitrogens with one attached hydrogen (secondary N) is 2. The van der Waals surface area contributed by atoms with Crippen LogP contribution in [0.1, 0.15) is 25.3 Å². The van der Waals surface area contributed by atoms with Gasteiger partial charge in [-0.3, -0.25) is 0 Å². The van der Waals surface area contributed by atoms with Crippen LogP contribution in [0, 0.1) is 0 Å². The summed E-state index contributed by atoms with van der Waals surface area (Å²) in [5.41, 5.74) is 1.03. The summed E-state index contributed by atoms with van der Waals surface area (Å²) in [4.78, 5) is 4.66. The molecule has 0 unspecified atom stereocenters. The van der Waals surface area contributed by atoms with Crippen LogP contribution in [0.2, 0.25) is 0 Å². The van der Waals surface area contributed by atoms with Gasteiger partial charge < -0.3 is 20.1 Å². The monoisotopic (exact) mass is 303 g/mol. The van der Waals surface area contributed by atoms with E-state index in [1.807, 2.05) is 18.2 Å². The van der Waals surface area contributed by atoms with Gasteiger partial charge in [0.25, 0.3) is 0 Å². The van der Waals surface area contributed by atoms with Crippen LogP contribution in [0.5, 0.6) is 11.5 Å². The van der Waals surface area contributed by atoms with Crippen LogP contribution in [-0.4, -0.2) is 32.8 Å². The zero-order valence-corrected chi connectivity index (χ0v) is 13.6. The topological polar surface area (TPSA) is 54.9 Å². The number of nitrogens with zero attached hydrogens (tertiary/aromatic N) is 1. The van der Waals surface area contributed by atoms with E-state index in [0.29, 0.717) is 12.6 Å². The van der Waals surface area contributed by atoms with Crippen LogP contribution in [0.25, 0.3) is 0 Å². The predicted octanol–water partition coefficient (Wildman–Crippen LogP) is 2.48. The van der Waals surface area contributed by atoms with Crippen LogP contribution >= 0.6 is 0 Å². The highest BCUT2D eigenvalue weighted by Gasteiger charge is 2.12. The third kappa shape index (κ3) is 4.41. The van der Waals surface area contributed by atoms with Gasteiger partial charge in [-0.05, 0) is 31.9 Å². The van der Waals surface area contributed by atoms with Gasteiger partial charge >= 0.3 is 0 Å². The minimum atomic E-state index is 0.440. The van der Waals surface area contributed by atoms with Crippen molar-refractivity contribution < 1.29 is 9.47 Å². The molecule has 0 saturated carbocycles. The summed E-state index contributed by atoms with van der Waals surface area (Å²) < 4.78 is 10.6. The van der Waals surface area contributed by atoms with Gasteiger partial charge in [0, 0.05) is 24.2 Å². The summed E-state index contributed by atoms with van der Waals surface area (Å²) in [7, 11) is 3.31. The smallest absolute Gasteiger partial charge is 0.191 e. The Morgan fingerprint density at radius 1 is 1.23 bits per heavy atom. The van der Waals surface area contributed by atoms with Crippen LogP contribution in [0.15, 0.2) is 35.3 Å². The molecular formula is C17H25N3O2. The van der Waals surface area contributed by atoms with Crippen molar-refractivity contribution in [3.05, 3.63) is 35.9 Å². The second-order valence-electron chi connectivity index (χ2n) is 5.16. The van der Waals surface area contributed by atoms with E-state index in [9.17, 15) is 0 Å². The molecule has 1 aliphatic carbocycles. The molecule has 0 bridgehead atoms. The number of guanidine groups is 1. The number of ether oxygens (including phenoxy) is 2. The van der Waals surface area contributed by atoms with Gasteiger partial charge in [0.15, 0.2) is 5.96 Å². The molecule has 5 nitrogen and oxygen atoms in total. The van der Waals surface area contributed by atoms with Gasteiger partial charge in [0.05, 0.1) is 20.8 Å². The first-order valence-electron chi connectivity index (χ1n) is 7.67. The highest BCUT2D eigenvalue weighted by molar-refractivity contribution is 5.80. The number of hydrogen-bond donors (Lipinski definition) is 2. The molecule has 0 amide bonds. The minimum absolute atomic E-state index is 0.440. The molecule has 0 aromatic heterocycles. The summed E-state index contributed by atoms with van der Waals surface area (Å²) in [6.45, 7) is 3.46. The Balaban J connectivity index is 2.05. The Morgan fingerprint density at radius 3 is 2.64 bits per heavy atom. The highest BCUT2D eigenvalue weighted by Crippen LogP contribution is 2.25. The number of methoxy groups -OCH3 is 2. The van der Waals surface area contributed by atoms with Gasteiger partial charge in [-0.1, -0.05) is 12.2 Å². The van der Waals surface area contributed by atoms with Gasteiger partial charge in [-0.15, -0.1) is 0 Å². The van der Waals surface area contributed by atoms with Gasteiger partial charge in [-0.2, -0.15) is 0 Å².